The Morgan fingerprint density at radius 2 is 1.94 bits per heavy atom. The first-order valence-corrected chi connectivity index (χ1v) is 12.4. The van der Waals surface area contributed by atoms with E-state index in [4.69, 9.17) is 16.3 Å². The predicted molar refractivity (Wildman–Crippen MR) is 121 cm³/mol. The topological polar surface area (TPSA) is 75.7 Å². The highest BCUT2D eigenvalue weighted by Gasteiger charge is 2.34. The smallest absolute Gasteiger partial charge is 0.243 e. The van der Waals surface area contributed by atoms with Crippen molar-refractivity contribution in [1.82, 2.24) is 4.31 Å². The molecule has 3 rings (SSSR count). The van der Waals surface area contributed by atoms with Gasteiger partial charge in [0.1, 0.15) is 11.6 Å². The lowest BCUT2D eigenvalue weighted by Gasteiger charge is -2.33. The van der Waals surface area contributed by atoms with Gasteiger partial charge in [0.05, 0.1) is 29.3 Å². The SMILES string of the molecule is COc1ccc(S(=O)(=O)N(CC(=O)Nc2ccc(Br)cc2F)C2CCCCC2)cc1Cl. The van der Waals surface area contributed by atoms with Crippen LogP contribution in [-0.4, -0.2) is 38.3 Å². The standard InChI is InChI=1S/C21H23BrClFN2O4S/c1-30-20-10-8-16(12-17(20)23)31(28,29)26(15-5-3-2-4-6-15)13-21(27)25-19-9-7-14(22)11-18(19)24/h7-12,15H,2-6,13H2,1H3,(H,25,27). The normalized spacial score (nSPS) is 15.1. The van der Waals surface area contributed by atoms with Gasteiger partial charge in [-0.2, -0.15) is 4.31 Å². The zero-order valence-corrected chi connectivity index (χ0v) is 20.1. The largest absolute Gasteiger partial charge is 0.495 e. The molecule has 0 spiro atoms. The van der Waals surface area contributed by atoms with Gasteiger partial charge in [-0.05, 0) is 49.2 Å². The van der Waals surface area contributed by atoms with Crippen LogP contribution in [0.4, 0.5) is 10.1 Å². The van der Waals surface area contributed by atoms with E-state index < -0.39 is 28.3 Å². The number of methoxy groups -OCH3 is 1. The van der Waals surface area contributed by atoms with Crippen LogP contribution in [0.5, 0.6) is 5.75 Å². The number of rotatable bonds is 7. The lowest BCUT2D eigenvalue weighted by atomic mass is 9.95. The molecule has 0 radical (unpaired) electrons. The lowest BCUT2D eigenvalue weighted by Crippen LogP contribution is -2.45. The lowest BCUT2D eigenvalue weighted by molar-refractivity contribution is -0.116. The minimum atomic E-state index is -4.02. The van der Waals surface area contributed by atoms with E-state index in [-0.39, 0.29) is 21.6 Å². The summed E-state index contributed by atoms with van der Waals surface area (Å²) < 4.78 is 47.8. The molecule has 0 aliphatic heterocycles. The first-order valence-electron chi connectivity index (χ1n) is 9.82. The number of anilines is 1. The van der Waals surface area contributed by atoms with Gasteiger partial charge in [-0.25, -0.2) is 12.8 Å². The number of carbonyl (C=O) groups is 1. The van der Waals surface area contributed by atoms with Crippen molar-refractivity contribution in [2.75, 3.05) is 19.0 Å². The van der Waals surface area contributed by atoms with Crippen molar-refractivity contribution in [3.63, 3.8) is 0 Å². The zero-order valence-electron chi connectivity index (χ0n) is 16.9. The highest BCUT2D eigenvalue weighted by atomic mass is 79.9. The molecule has 6 nitrogen and oxygen atoms in total. The van der Waals surface area contributed by atoms with Crippen molar-refractivity contribution in [1.29, 1.82) is 0 Å². The molecule has 1 N–H and O–H groups in total. The second kappa shape index (κ2) is 10.3. The third-order valence-corrected chi connectivity index (χ3v) is 7.90. The molecule has 0 bridgehead atoms. The molecular formula is C21H23BrClFN2O4S. The van der Waals surface area contributed by atoms with Crippen LogP contribution in [0.15, 0.2) is 45.8 Å². The monoisotopic (exact) mass is 532 g/mol. The highest BCUT2D eigenvalue weighted by molar-refractivity contribution is 9.10. The second-order valence-electron chi connectivity index (χ2n) is 7.31. The van der Waals surface area contributed by atoms with Crippen LogP contribution in [0.1, 0.15) is 32.1 Å². The van der Waals surface area contributed by atoms with E-state index in [0.717, 1.165) is 19.3 Å². The van der Waals surface area contributed by atoms with Gasteiger partial charge < -0.3 is 10.1 Å². The number of hydrogen-bond acceptors (Lipinski definition) is 4. The summed E-state index contributed by atoms with van der Waals surface area (Å²) in [5.74, 6) is -0.875. The van der Waals surface area contributed by atoms with Crippen LogP contribution < -0.4 is 10.1 Å². The third-order valence-electron chi connectivity index (χ3n) is 5.22. The van der Waals surface area contributed by atoms with Gasteiger partial charge >= 0.3 is 0 Å². The summed E-state index contributed by atoms with van der Waals surface area (Å²) in [7, 11) is -2.58. The number of amides is 1. The van der Waals surface area contributed by atoms with E-state index in [1.807, 2.05) is 0 Å². The van der Waals surface area contributed by atoms with Crippen molar-refractivity contribution in [3.05, 3.63) is 51.7 Å². The summed E-state index contributed by atoms with van der Waals surface area (Å²) in [6.45, 7) is -0.424. The maximum absolute atomic E-state index is 14.1. The molecule has 1 aliphatic carbocycles. The van der Waals surface area contributed by atoms with Crippen molar-refractivity contribution in [3.8, 4) is 5.75 Å². The van der Waals surface area contributed by atoms with E-state index in [2.05, 4.69) is 21.2 Å². The average Bonchev–Trinajstić information content (AvgIpc) is 2.74. The van der Waals surface area contributed by atoms with Gasteiger partial charge in [0.2, 0.25) is 15.9 Å². The Bertz CT molecular complexity index is 1060. The van der Waals surface area contributed by atoms with Gasteiger partial charge in [0.15, 0.2) is 0 Å². The van der Waals surface area contributed by atoms with Crippen LogP contribution >= 0.6 is 27.5 Å². The van der Waals surface area contributed by atoms with Crippen LogP contribution in [0.25, 0.3) is 0 Å². The van der Waals surface area contributed by atoms with E-state index in [9.17, 15) is 17.6 Å². The number of halogens is 3. The Kier molecular flexibility index (Phi) is 7.96. The average molecular weight is 534 g/mol. The molecule has 0 unspecified atom stereocenters. The number of hydrogen-bond donors (Lipinski definition) is 1. The van der Waals surface area contributed by atoms with Crippen LogP contribution in [0, 0.1) is 5.82 Å². The molecule has 1 amide bonds. The van der Waals surface area contributed by atoms with Crippen LogP contribution in [-0.2, 0) is 14.8 Å². The Morgan fingerprint density at radius 1 is 1.23 bits per heavy atom. The number of nitrogens with zero attached hydrogens (tertiary/aromatic N) is 1. The molecule has 0 atom stereocenters. The summed E-state index contributed by atoms with van der Waals surface area (Å²) in [5.41, 5.74) is -0.0123. The van der Waals surface area contributed by atoms with E-state index in [1.54, 1.807) is 6.07 Å². The first kappa shape index (κ1) is 24.0. The van der Waals surface area contributed by atoms with Crippen molar-refractivity contribution in [2.24, 2.45) is 0 Å². The maximum atomic E-state index is 14.1. The molecule has 2 aromatic rings. The van der Waals surface area contributed by atoms with Crippen molar-refractivity contribution >= 4 is 49.1 Å². The zero-order chi connectivity index (χ0) is 22.6. The quantitative estimate of drug-likeness (QED) is 0.530. The summed E-state index contributed by atoms with van der Waals surface area (Å²) in [6, 6.07) is 8.12. The number of benzene rings is 2. The Morgan fingerprint density at radius 3 is 2.55 bits per heavy atom. The molecule has 0 heterocycles. The molecule has 2 aromatic carbocycles. The van der Waals surface area contributed by atoms with Gasteiger partial charge in [-0.1, -0.05) is 46.8 Å². The summed E-state index contributed by atoms with van der Waals surface area (Å²) in [5, 5.41) is 2.63. The number of sulfonamides is 1. The third kappa shape index (κ3) is 5.77. The molecule has 1 saturated carbocycles. The molecule has 168 valence electrons. The predicted octanol–water partition coefficient (Wildman–Crippen LogP) is 5.21. The Balaban J connectivity index is 1.88. The maximum Gasteiger partial charge on any atom is 0.243 e. The summed E-state index contributed by atoms with van der Waals surface area (Å²) in [6.07, 6.45) is 4.09. The van der Waals surface area contributed by atoms with Gasteiger partial charge in [0.25, 0.3) is 0 Å². The highest BCUT2D eigenvalue weighted by Crippen LogP contribution is 2.32. The molecule has 31 heavy (non-hydrogen) atoms. The first-order chi connectivity index (χ1) is 14.7. The number of nitrogens with one attached hydrogen (secondary N) is 1. The fourth-order valence-electron chi connectivity index (χ4n) is 3.64. The fraction of sp³-hybridized carbons (Fsp3) is 0.381. The second-order valence-corrected chi connectivity index (χ2v) is 10.5. The fourth-order valence-corrected chi connectivity index (χ4v) is 5.97. The van der Waals surface area contributed by atoms with Crippen molar-refractivity contribution in [2.45, 2.75) is 43.0 Å². The molecule has 0 aromatic heterocycles. The molecular weight excluding hydrogens is 511 g/mol. The van der Waals surface area contributed by atoms with Gasteiger partial charge in [0, 0.05) is 10.5 Å². The minimum Gasteiger partial charge on any atom is -0.495 e. The van der Waals surface area contributed by atoms with E-state index >= 15 is 0 Å². The molecule has 1 fully saturated rings. The number of ether oxygens (including phenoxy) is 1. The van der Waals surface area contributed by atoms with E-state index in [1.165, 1.54) is 41.7 Å². The van der Waals surface area contributed by atoms with E-state index in [0.29, 0.717) is 23.1 Å². The molecule has 1 aliphatic rings. The molecule has 10 heteroatoms. The minimum absolute atomic E-state index is 0.0123. The van der Waals surface area contributed by atoms with Crippen LogP contribution in [0.3, 0.4) is 0 Å². The van der Waals surface area contributed by atoms with Gasteiger partial charge in [-0.3, -0.25) is 4.79 Å². The summed E-state index contributed by atoms with van der Waals surface area (Å²) in [4.78, 5) is 12.7. The number of carbonyl (C=O) groups excluding carboxylic acids is 1. The Hall–Kier alpha value is -1.68. The molecule has 0 saturated heterocycles. The summed E-state index contributed by atoms with van der Waals surface area (Å²) >= 11 is 9.30. The van der Waals surface area contributed by atoms with Gasteiger partial charge in [-0.15, -0.1) is 0 Å². The van der Waals surface area contributed by atoms with Crippen LogP contribution in [0.2, 0.25) is 5.02 Å². The Labute approximate surface area is 194 Å². The van der Waals surface area contributed by atoms with Crippen molar-refractivity contribution < 1.29 is 22.3 Å².